The van der Waals surface area contributed by atoms with E-state index < -0.39 is 0 Å². The summed E-state index contributed by atoms with van der Waals surface area (Å²) >= 11 is 0. The number of nitrogens with zero attached hydrogens (tertiary/aromatic N) is 1. The first-order chi connectivity index (χ1) is 5.16. The fourth-order valence-corrected chi connectivity index (χ4v) is 0.604. The molecule has 0 saturated heterocycles. The van der Waals surface area contributed by atoms with Gasteiger partial charge in [-0.3, -0.25) is 4.79 Å². The lowest BCUT2D eigenvalue weighted by Gasteiger charge is -2.08. The molecule has 0 aliphatic rings. The van der Waals surface area contributed by atoms with Gasteiger partial charge in [-0.05, 0) is 14.1 Å². The van der Waals surface area contributed by atoms with Crippen molar-refractivity contribution in [2.45, 2.75) is 6.42 Å². The highest BCUT2D eigenvalue weighted by Gasteiger charge is 1.99. The third kappa shape index (κ3) is 7.29. The average Bonchev–Trinajstić information content (AvgIpc) is 1.97. The van der Waals surface area contributed by atoms with Crippen LogP contribution in [0.4, 0.5) is 0 Å². The van der Waals surface area contributed by atoms with Crippen LogP contribution < -0.4 is 5.32 Å². The molecular weight excluding hydrogens is 144 g/mol. The van der Waals surface area contributed by atoms with Gasteiger partial charge in [0.1, 0.15) is 0 Å². The van der Waals surface area contributed by atoms with Gasteiger partial charge in [0, 0.05) is 19.5 Å². The zero-order valence-electron chi connectivity index (χ0n) is 7.09. The Hall–Kier alpha value is -0.610. The minimum atomic E-state index is -0.242. The molecule has 0 atom stereocenters. The second kappa shape index (κ2) is 6.12. The lowest BCUT2D eigenvalue weighted by Crippen LogP contribution is -2.29. The van der Waals surface area contributed by atoms with Gasteiger partial charge in [-0.15, -0.1) is 0 Å². The molecule has 0 unspecified atom stereocenters. The molecule has 0 aliphatic carbocycles. The standard InChI is InChI=1S/C7H15N2O2/c1-9(2)5-3-7(11)8-4-6-10/h3-6H2,1-2H3,(H,8,11). The van der Waals surface area contributed by atoms with E-state index in [2.05, 4.69) is 5.32 Å². The van der Waals surface area contributed by atoms with E-state index in [1.807, 2.05) is 19.0 Å². The molecule has 4 heteroatoms. The van der Waals surface area contributed by atoms with Crippen LogP contribution in [0.3, 0.4) is 0 Å². The number of rotatable bonds is 5. The summed E-state index contributed by atoms with van der Waals surface area (Å²) in [5.74, 6) is -0.0467. The molecular formula is C7H15N2O2. The van der Waals surface area contributed by atoms with Crippen molar-refractivity contribution in [3.8, 4) is 0 Å². The third-order valence-electron chi connectivity index (χ3n) is 1.21. The molecule has 0 aromatic heterocycles. The van der Waals surface area contributed by atoms with Crippen LogP contribution >= 0.6 is 0 Å². The topological polar surface area (TPSA) is 52.2 Å². The molecule has 65 valence electrons. The lowest BCUT2D eigenvalue weighted by molar-refractivity contribution is -0.121. The highest BCUT2D eigenvalue weighted by Crippen LogP contribution is 1.82. The quantitative estimate of drug-likeness (QED) is 0.587. The van der Waals surface area contributed by atoms with Crippen molar-refractivity contribution in [2.75, 3.05) is 33.8 Å². The Kier molecular flexibility index (Phi) is 5.78. The van der Waals surface area contributed by atoms with E-state index in [1.165, 1.54) is 0 Å². The van der Waals surface area contributed by atoms with Gasteiger partial charge in [-0.2, -0.15) is 0 Å². The average molecular weight is 159 g/mol. The first-order valence-corrected chi connectivity index (χ1v) is 3.66. The van der Waals surface area contributed by atoms with Crippen LogP contribution in [0, 0.1) is 0 Å². The fourth-order valence-electron chi connectivity index (χ4n) is 0.604. The van der Waals surface area contributed by atoms with Gasteiger partial charge in [0.05, 0.1) is 6.61 Å². The van der Waals surface area contributed by atoms with Crippen molar-refractivity contribution in [3.05, 3.63) is 0 Å². The summed E-state index contributed by atoms with van der Waals surface area (Å²) in [5.41, 5.74) is 0. The fraction of sp³-hybridized carbons (Fsp3) is 0.857. The number of nitrogens with one attached hydrogen (secondary N) is 1. The summed E-state index contributed by atoms with van der Waals surface area (Å²) in [7, 11) is 3.81. The Bertz CT molecular complexity index is 115. The number of hydrogen-bond donors (Lipinski definition) is 1. The van der Waals surface area contributed by atoms with Gasteiger partial charge >= 0.3 is 0 Å². The van der Waals surface area contributed by atoms with E-state index >= 15 is 0 Å². The second-order valence-corrected chi connectivity index (χ2v) is 2.61. The van der Waals surface area contributed by atoms with E-state index in [-0.39, 0.29) is 19.1 Å². The van der Waals surface area contributed by atoms with Crippen molar-refractivity contribution in [2.24, 2.45) is 0 Å². The highest BCUT2D eigenvalue weighted by atomic mass is 16.3. The monoisotopic (exact) mass is 159 g/mol. The molecule has 1 N–H and O–H groups in total. The van der Waals surface area contributed by atoms with E-state index in [1.54, 1.807) is 0 Å². The minimum absolute atomic E-state index is 0.0467. The molecule has 0 rings (SSSR count). The van der Waals surface area contributed by atoms with Crippen molar-refractivity contribution in [1.82, 2.24) is 10.2 Å². The molecule has 0 saturated carbocycles. The Balaban J connectivity index is 3.23. The zero-order chi connectivity index (χ0) is 8.69. The minimum Gasteiger partial charge on any atom is -0.354 e. The molecule has 1 radical (unpaired) electrons. The molecule has 0 aromatic rings. The van der Waals surface area contributed by atoms with Crippen molar-refractivity contribution < 1.29 is 9.90 Å². The van der Waals surface area contributed by atoms with Gasteiger partial charge in [0.2, 0.25) is 5.91 Å². The third-order valence-corrected chi connectivity index (χ3v) is 1.21. The second-order valence-electron chi connectivity index (χ2n) is 2.61. The first-order valence-electron chi connectivity index (χ1n) is 3.66. The van der Waals surface area contributed by atoms with Gasteiger partial charge in [0.15, 0.2) is 0 Å². The van der Waals surface area contributed by atoms with Gasteiger partial charge in [-0.25, -0.2) is 5.11 Å². The van der Waals surface area contributed by atoms with Crippen LogP contribution in [0.15, 0.2) is 0 Å². The van der Waals surface area contributed by atoms with Crippen molar-refractivity contribution >= 4 is 5.91 Å². The van der Waals surface area contributed by atoms with E-state index in [0.717, 1.165) is 6.54 Å². The molecule has 4 nitrogen and oxygen atoms in total. The van der Waals surface area contributed by atoms with Gasteiger partial charge in [-0.1, -0.05) is 0 Å². The molecule has 0 aromatic carbocycles. The maximum atomic E-state index is 10.8. The molecule has 1 amide bonds. The Morgan fingerprint density at radius 2 is 2.09 bits per heavy atom. The van der Waals surface area contributed by atoms with Gasteiger partial charge in [0.25, 0.3) is 0 Å². The van der Waals surface area contributed by atoms with Crippen LogP contribution in [-0.2, 0) is 9.90 Å². The lowest BCUT2D eigenvalue weighted by atomic mass is 10.4. The number of amides is 1. The first kappa shape index (κ1) is 10.4. The summed E-state index contributed by atoms with van der Waals surface area (Å²) in [6, 6.07) is 0. The molecule has 0 spiro atoms. The smallest absolute Gasteiger partial charge is 0.221 e. The maximum Gasteiger partial charge on any atom is 0.221 e. The molecule has 0 aliphatic heterocycles. The van der Waals surface area contributed by atoms with E-state index in [0.29, 0.717) is 6.42 Å². The Morgan fingerprint density at radius 1 is 1.45 bits per heavy atom. The van der Waals surface area contributed by atoms with Crippen molar-refractivity contribution in [1.29, 1.82) is 0 Å². The number of carbonyl (C=O) groups excluding carboxylic acids is 1. The van der Waals surface area contributed by atoms with Crippen LogP contribution in [0.1, 0.15) is 6.42 Å². The Morgan fingerprint density at radius 3 is 2.55 bits per heavy atom. The summed E-state index contributed by atoms with van der Waals surface area (Å²) in [5, 5.41) is 12.5. The number of hydrogen-bond acceptors (Lipinski definition) is 2. The summed E-state index contributed by atoms with van der Waals surface area (Å²) in [4.78, 5) is 12.8. The summed E-state index contributed by atoms with van der Waals surface area (Å²) in [6.45, 7) is 0.727. The Labute approximate surface area is 67.2 Å². The summed E-state index contributed by atoms with van der Waals surface area (Å²) < 4.78 is 0. The van der Waals surface area contributed by atoms with Crippen LogP contribution in [0.2, 0.25) is 0 Å². The van der Waals surface area contributed by atoms with Crippen molar-refractivity contribution in [3.63, 3.8) is 0 Å². The SMILES string of the molecule is CN(C)CCC(=O)NCC[O]. The zero-order valence-corrected chi connectivity index (χ0v) is 7.09. The number of carbonyl (C=O) groups is 1. The predicted molar refractivity (Wildman–Crippen MR) is 41.7 cm³/mol. The predicted octanol–water partition coefficient (Wildman–Crippen LogP) is -0.515. The normalized spacial score (nSPS) is 10.2. The molecule has 0 heterocycles. The van der Waals surface area contributed by atoms with E-state index in [4.69, 9.17) is 0 Å². The maximum absolute atomic E-state index is 10.8. The molecule has 0 bridgehead atoms. The highest BCUT2D eigenvalue weighted by molar-refractivity contribution is 5.75. The van der Waals surface area contributed by atoms with Gasteiger partial charge < -0.3 is 10.2 Å². The van der Waals surface area contributed by atoms with Crippen LogP contribution in [0.5, 0.6) is 0 Å². The van der Waals surface area contributed by atoms with Crippen LogP contribution in [-0.4, -0.2) is 44.6 Å². The molecule has 0 fully saturated rings. The van der Waals surface area contributed by atoms with E-state index in [9.17, 15) is 9.90 Å². The largest absolute Gasteiger partial charge is 0.354 e. The van der Waals surface area contributed by atoms with Crippen LogP contribution in [0.25, 0.3) is 0 Å². The molecule has 11 heavy (non-hydrogen) atoms. The summed E-state index contributed by atoms with van der Waals surface area (Å²) in [6.07, 6.45) is 0.465.